The molecule has 0 aliphatic carbocycles. The quantitative estimate of drug-likeness (QED) is 0.785. The van der Waals surface area contributed by atoms with Crippen molar-refractivity contribution in [2.45, 2.75) is 33.1 Å². The van der Waals surface area contributed by atoms with Gasteiger partial charge < -0.3 is 15.3 Å². The molecule has 1 amide bonds. The van der Waals surface area contributed by atoms with E-state index in [1.54, 1.807) is 0 Å². The number of piperidine rings is 1. The van der Waals surface area contributed by atoms with Gasteiger partial charge in [0.25, 0.3) is 0 Å². The molecule has 2 atom stereocenters. The van der Waals surface area contributed by atoms with Crippen LogP contribution in [0.3, 0.4) is 0 Å². The molecule has 2 aliphatic heterocycles. The number of nitrogens with zero attached hydrogens (tertiary/aromatic N) is 1. The minimum absolute atomic E-state index is 0.205. The monoisotopic (exact) mass is 254 g/mol. The largest absolute Gasteiger partial charge is 0.396 e. The molecule has 0 aromatic rings. The highest BCUT2D eigenvalue weighted by Crippen LogP contribution is 2.37. The Morgan fingerprint density at radius 2 is 2.33 bits per heavy atom. The van der Waals surface area contributed by atoms with Crippen LogP contribution < -0.4 is 5.32 Å². The molecule has 0 radical (unpaired) electrons. The van der Waals surface area contributed by atoms with Crippen molar-refractivity contribution in [3.8, 4) is 0 Å². The summed E-state index contributed by atoms with van der Waals surface area (Å²) in [6.07, 6.45) is 3.02. The summed E-state index contributed by atoms with van der Waals surface area (Å²) < 4.78 is 0. The number of carbonyl (C=O) groups excluding carboxylic acids is 1. The second-order valence-electron chi connectivity index (χ2n) is 6.18. The Kier molecular flexibility index (Phi) is 4.28. The molecule has 18 heavy (non-hydrogen) atoms. The van der Waals surface area contributed by atoms with Crippen LogP contribution in [-0.2, 0) is 4.79 Å². The van der Waals surface area contributed by atoms with Gasteiger partial charge in [-0.25, -0.2) is 0 Å². The summed E-state index contributed by atoms with van der Waals surface area (Å²) in [7, 11) is 0. The minimum atomic E-state index is -0.211. The summed E-state index contributed by atoms with van der Waals surface area (Å²) in [5.41, 5.74) is -0.211. The van der Waals surface area contributed by atoms with Crippen LogP contribution in [0.4, 0.5) is 0 Å². The predicted octanol–water partition coefficient (Wildman–Crippen LogP) is 0.853. The zero-order chi connectivity index (χ0) is 13.2. The maximum atomic E-state index is 12.8. The lowest BCUT2D eigenvalue weighted by molar-refractivity contribution is -0.146. The number of aliphatic hydroxyl groups is 1. The van der Waals surface area contributed by atoms with Gasteiger partial charge >= 0.3 is 0 Å². The van der Waals surface area contributed by atoms with Gasteiger partial charge in [-0.3, -0.25) is 4.79 Å². The first-order chi connectivity index (χ1) is 8.60. The molecule has 2 N–H and O–H groups in total. The molecule has 2 aliphatic rings. The standard InChI is InChI=1S/C14H26N2O2/c1-11(2)14(5-6-15-10-14)13(18)16-7-3-4-12(8-16)9-17/h11-12,15,17H,3-10H2,1-2H3. The van der Waals surface area contributed by atoms with E-state index in [1.807, 2.05) is 4.90 Å². The zero-order valence-electron chi connectivity index (χ0n) is 11.6. The van der Waals surface area contributed by atoms with Crippen LogP contribution in [0.5, 0.6) is 0 Å². The number of amides is 1. The number of carbonyl (C=O) groups is 1. The Bertz CT molecular complexity index is 298. The first-order valence-corrected chi connectivity index (χ1v) is 7.21. The van der Waals surface area contributed by atoms with E-state index in [2.05, 4.69) is 19.2 Å². The normalized spacial score (nSPS) is 33.1. The van der Waals surface area contributed by atoms with E-state index in [-0.39, 0.29) is 17.9 Å². The minimum Gasteiger partial charge on any atom is -0.396 e. The highest BCUT2D eigenvalue weighted by molar-refractivity contribution is 5.83. The van der Waals surface area contributed by atoms with Gasteiger partial charge in [-0.1, -0.05) is 13.8 Å². The summed E-state index contributed by atoms with van der Waals surface area (Å²) >= 11 is 0. The van der Waals surface area contributed by atoms with Crippen molar-refractivity contribution in [2.24, 2.45) is 17.3 Å². The molecule has 2 saturated heterocycles. The van der Waals surface area contributed by atoms with Crippen molar-refractivity contribution in [3.05, 3.63) is 0 Å². The maximum absolute atomic E-state index is 12.8. The van der Waals surface area contributed by atoms with Crippen LogP contribution in [0.1, 0.15) is 33.1 Å². The van der Waals surface area contributed by atoms with E-state index in [0.717, 1.165) is 45.4 Å². The third-order valence-corrected chi connectivity index (χ3v) is 4.78. The predicted molar refractivity (Wildman–Crippen MR) is 71.1 cm³/mol. The van der Waals surface area contributed by atoms with Crippen molar-refractivity contribution in [1.29, 1.82) is 0 Å². The lowest BCUT2D eigenvalue weighted by atomic mass is 9.74. The van der Waals surface area contributed by atoms with Gasteiger partial charge in [0.05, 0.1) is 5.41 Å². The fourth-order valence-electron chi connectivity index (χ4n) is 3.35. The molecule has 0 spiro atoms. The van der Waals surface area contributed by atoms with E-state index in [0.29, 0.717) is 11.8 Å². The average Bonchev–Trinajstić information content (AvgIpc) is 2.88. The molecule has 0 saturated carbocycles. The van der Waals surface area contributed by atoms with Crippen molar-refractivity contribution >= 4 is 5.91 Å². The molecular weight excluding hydrogens is 228 g/mol. The van der Waals surface area contributed by atoms with Crippen LogP contribution in [0, 0.1) is 17.3 Å². The van der Waals surface area contributed by atoms with Crippen LogP contribution in [0.2, 0.25) is 0 Å². The molecule has 4 heteroatoms. The SMILES string of the molecule is CC(C)C1(C(=O)N2CCCC(CO)C2)CCNC1. The third-order valence-electron chi connectivity index (χ3n) is 4.78. The van der Waals surface area contributed by atoms with E-state index in [4.69, 9.17) is 0 Å². The number of hydrogen-bond donors (Lipinski definition) is 2. The fourth-order valence-corrected chi connectivity index (χ4v) is 3.35. The number of hydrogen-bond acceptors (Lipinski definition) is 3. The molecule has 2 rings (SSSR count). The first kappa shape index (κ1) is 13.8. The first-order valence-electron chi connectivity index (χ1n) is 7.21. The third kappa shape index (κ3) is 2.41. The van der Waals surface area contributed by atoms with Gasteiger partial charge in [0.1, 0.15) is 0 Å². The molecule has 2 unspecified atom stereocenters. The number of aliphatic hydroxyl groups excluding tert-OH is 1. The number of rotatable bonds is 3. The molecular formula is C14H26N2O2. The van der Waals surface area contributed by atoms with E-state index < -0.39 is 0 Å². The molecule has 4 nitrogen and oxygen atoms in total. The van der Waals surface area contributed by atoms with Crippen molar-refractivity contribution in [2.75, 3.05) is 32.8 Å². The second kappa shape index (κ2) is 5.57. The zero-order valence-corrected chi connectivity index (χ0v) is 11.6. The smallest absolute Gasteiger partial charge is 0.230 e. The van der Waals surface area contributed by atoms with Crippen molar-refractivity contribution < 1.29 is 9.90 Å². The van der Waals surface area contributed by atoms with E-state index in [9.17, 15) is 9.90 Å². The molecule has 2 fully saturated rings. The maximum Gasteiger partial charge on any atom is 0.230 e. The van der Waals surface area contributed by atoms with Crippen LogP contribution in [-0.4, -0.2) is 48.7 Å². The summed E-state index contributed by atoms with van der Waals surface area (Å²) in [6.45, 7) is 7.87. The summed E-state index contributed by atoms with van der Waals surface area (Å²) in [6, 6.07) is 0. The van der Waals surface area contributed by atoms with Gasteiger partial charge in [-0.05, 0) is 37.6 Å². The molecule has 104 valence electrons. The lowest BCUT2D eigenvalue weighted by Crippen LogP contribution is -2.51. The summed E-state index contributed by atoms with van der Waals surface area (Å²) in [4.78, 5) is 14.8. The van der Waals surface area contributed by atoms with Gasteiger partial charge in [0.2, 0.25) is 5.91 Å². The Labute approximate surface area is 110 Å². The van der Waals surface area contributed by atoms with Crippen LogP contribution in [0.15, 0.2) is 0 Å². The van der Waals surface area contributed by atoms with Gasteiger partial charge in [0.15, 0.2) is 0 Å². The van der Waals surface area contributed by atoms with E-state index in [1.165, 1.54) is 0 Å². The summed E-state index contributed by atoms with van der Waals surface area (Å²) in [5.74, 6) is 0.955. The highest BCUT2D eigenvalue weighted by atomic mass is 16.3. The molecule has 0 bridgehead atoms. The Morgan fingerprint density at radius 1 is 1.56 bits per heavy atom. The molecule has 2 heterocycles. The molecule has 0 aromatic carbocycles. The Balaban J connectivity index is 2.09. The van der Waals surface area contributed by atoms with Gasteiger partial charge in [-0.15, -0.1) is 0 Å². The van der Waals surface area contributed by atoms with Crippen LogP contribution >= 0.6 is 0 Å². The van der Waals surface area contributed by atoms with E-state index >= 15 is 0 Å². The number of nitrogens with one attached hydrogen (secondary N) is 1. The topological polar surface area (TPSA) is 52.6 Å². The Hall–Kier alpha value is -0.610. The van der Waals surface area contributed by atoms with Gasteiger partial charge in [0, 0.05) is 26.2 Å². The van der Waals surface area contributed by atoms with Crippen molar-refractivity contribution in [1.82, 2.24) is 10.2 Å². The van der Waals surface area contributed by atoms with Crippen molar-refractivity contribution in [3.63, 3.8) is 0 Å². The highest BCUT2D eigenvalue weighted by Gasteiger charge is 2.46. The fraction of sp³-hybridized carbons (Fsp3) is 0.929. The van der Waals surface area contributed by atoms with Crippen LogP contribution in [0.25, 0.3) is 0 Å². The lowest BCUT2D eigenvalue weighted by Gasteiger charge is -2.40. The second-order valence-corrected chi connectivity index (χ2v) is 6.18. The molecule has 0 aromatic heterocycles. The number of likely N-dealkylation sites (tertiary alicyclic amines) is 1. The van der Waals surface area contributed by atoms with Gasteiger partial charge in [-0.2, -0.15) is 0 Å². The Morgan fingerprint density at radius 3 is 2.89 bits per heavy atom. The summed E-state index contributed by atoms with van der Waals surface area (Å²) in [5, 5.41) is 12.6. The average molecular weight is 254 g/mol.